The topological polar surface area (TPSA) is 61.4 Å². The molecule has 0 fully saturated rings. The van der Waals surface area contributed by atoms with Crippen LogP contribution in [-0.4, -0.2) is 29.1 Å². The van der Waals surface area contributed by atoms with E-state index in [2.05, 4.69) is 100 Å². The number of para-hydroxylation sites is 2. The second-order valence-electron chi connectivity index (χ2n) is 10.8. The van der Waals surface area contributed by atoms with Crippen molar-refractivity contribution in [2.45, 2.75) is 0 Å². The van der Waals surface area contributed by atoms with Crippen molar-refractivity contribution in [2.24, 2.45) is 0 Å². The molecule has 0 spiro atoms. The van der Waals surface area contributed by atoms with Crippen molar-refractivity contribution in [3.8, 4) is 33.9 Å². The van der Waals surface area contributed by atoms with Crippen molar-refractivity contribution in [1.29, 1.82) is 0 Å². The molecule has 0 saturated heterocycles. The summed E-state index contributed by atoms with van der Waals surface area (Å²) < 4.78 is 4.38. The predicted molar refractivity (Wildman–Crippen MR) is 177 cm³/mol. The van der Waals surface area contributed by atoms with Crippen LogP contribution in [0, 0.1) is 0 Å². The van der Waals surface area contributed by atoms with Gasteiger partial charge in [0.15, 0.2) is 11.3 Å². The lowest BCUT2D eigenvalue weighted by Crippen LogP contribution is -2.01. The van der Waals surface area contributed by atoms with Gasteiger partial charge in [0.05, 0.1) is 28.1 Å². The number of hydrogen-bond acceptors (Lipinski definition) is 4. The molecule has 0 atom stereocenters. The molecule has 0 unspecified atom stereocenters. The molecule has 0 aliphatic rings. The van der Waals surface area contributed by atoms with Crippen LogP contribution in [0.15, 0.2) is 146 Å². The SMILES string of the molecule is c1ccc(-c2cc(-n3c4cccnc4c4nc5c6ccccc6n(-c6ccccc6)c5nc43)cc(-c3ccccc3)n2)cc1. The van der Waals surface area contributed by atoms with Crippen LogP contribution < -0.4 is 0 Å². The summed E-state index contributed by atoms with van der Waals surface area (Å²) in [5, 5.41) is 1.05. The highest BCUT2D eigenvalue weighted by molar-refractivity contribution is 6.11. The average Bonchev–Trinajstić information content (AvgIpc) is 3.60. The van der Waals surface area contributed by atoms with E-state index in [1.54, 1.807) is 0 Å². The van der Waals surface area contributed by atoms with Gasteiger partial charge in [0, 0.05) is 28.4 Å². The third-order valence-corrected chi connectivity index (χ3v) is 8.16. The van der Waals surface area contributed by atoms with Gasteiger partial charge in [-0.1, -0.05) is 97.1 Å². The molecule has 206 valence electrons. The molecule has 0 bridgehead atoms. The van der Waals surface area contributed by atoms with Gasteiger partial charge in [0.25, 0.3) is 0 Å². The standard InChI is InChI=1S/C38H24N6/c1-4-13-25(14-5-1)30-23-28(24-31(40-30)26-15-6-2-7-16-26)44-33-21-12-22-39-35(33)36-38(44)42-37-34(41-36)29-19-10-11-20-32(29)43(37)27-17-8-3-9-18-27/h1-24H. The third-order valence-electron chi connectivity index (χ3n) is 8.16. The fourth-order valence-electron chi connectivity index (χ4n) is 6.18. The monoisotopic (exact) mass is 564 g/mol. The minimum absolute atomic E-state index is 0.746. The lowest BCUT2D eigenvalue weighted by molar-refractivity contribution is 1.09. The fraction of sp³-hybridized carbons (Fsp3) is 0. The Hall–Kier alpha value is -6.14. The molecule has 9 aromatic rings. The van der Waals surface area contributed by atoms with Crippen LogP contribution >= 0.6 is 0 Å². The minimum atomic E-state index is 0.746. The van der Waals surface area contributed by atoms with E-state index in [1.165, 1.54) is 0 Å². The van der Waals surface area contributed by atoms with Gasteiger partial charge in [-0.15, -0.1) is 0 Å². The van der Waals surface area contributed by atoms with Crippen LogP contribution in [0.3, 0.4) is 0 Å². The van der Waals surface area contributed by atoms with Crippen molar-refractivity contribution < 1.29 is 0 Å². The van der Waals surface area contributed by atoms with Gasteiger partial charge in [0.1, 0.15) is 16.6 Å². The van der Waals surface area contributed by atoms with Gasteiger partial charge in [-0.2, -0.15) is 0 Å². The molecule has 0 aliphatic heterocycles. The lowest BCUT2D eigenvalue weighted by Gasteiger charge is -2.13. The van der Waals surface area contributed by atoms with Gasteiger partial charge >= 0.3 is 0 Å². The highest BCUT2D eigenvalue weighted by atomic mass is 15.1. The predicted octanol–water partition coefficient (Wildman–Crippen LogP) is 8.79. The first-order valence-corrected chi connectivity index (χ1v) is 14.6. The number of pyridine rings is 2. The number of nitrogens with zero attached hydrogens (tertiary/aromatic N) is 6. The molecule has 0 saturated carbocycles. The highest BCUT2D eigenvalue weighted by Gasteiger charge is 2.22. The van der Waals surface area contributed by atoms with E-state index in [9.17, 15) is 0 Å². The molecule has 5 heterocycles. The van der Waals surface area contributed by atoms with E-state index >= 15 is 0 Å². The first-order chi connectivity index (χ1) is 21.8. The normalized spacial score (nSPS) is 11.6. The lowest BCUT2D eigenvalue weighted by atomic mass is 10.1. The average molecular weight is 565 g/mol. The number of rotatable bonds is 4. The smallest absolute Gasteiger partial charge is 0.168 e. The second-order valence-corrected chi connectivity index (χ2v) is 10.8. The van der Waals surface area contributed by atoms with Crippen molar-refractivity contribution in [2.75, 3.05) is 0 Å². The van der Waals surface area contributed by atoms with E-state index in [0.29, 0.717) is 0 Å². The summed E-state index contributed by atoms with van der Waals surface area (Å²) in [4.78, 5) is 20.6. The van der Waals surface area contributed by atoms with Crippen LogP contribution in [0.5, 0.6) is 0 Å². The Labute approximate surface area is 252 Å². The minimum Gasteiger partial charge on any atom is -0.292 e. The molecular weight excluding hydrogens is 540 g/mol. The summed E-state index contributed by atoms with van der Waals surface area (Å²) in [5.74, 6) is 0. The Morgan fingerprint density at radius 3 is 1.68 bits per heavy atom. The van der Waals surface area contributed by atoms with E-state index < -0.39 is 0 Å². The third kappa shape index (κ3) is 3.75. The Morgan fingerprint density at radius 2 is 0.977 bits per heavy atom. The molecule has 44 heavy (non-hydrogen) atoms. The molecule has 0 radical (unpaired) electrons. The summed E-state index contributed by atoms with van der Waals surface area (Å²) in [7, 11) is 0. The maximum atomic E-state index is 5.41. The maximum absolute atomic E-state index is 5.41. The number of benzene rings is 4. The Balaban J connectivity index is 1.41. The Bertz CT molecular complexity index is 2420. The molecule has 6 nitrogen and oxygen atoms in total. The summed E-state index contributed by atoms with van der Waals surface area (Å²) >= 11 is 0. The molecule has 0 aliphatic carbocycles. The number of hydrogen-bond donors (Lipinski definition) is 0. The van der Waals surface area contributed by atoms with Crippen molar-refractivity contribution in [3.05, 3.63) is 146 Å². The van der Waals surface area contributed by atoms with Gasteiger partial charge in [0.2, 0.25) is 0 Å². The van der Waals surface area contributed by atoms with Gasteiger partial charge < -0.3 is 0 Å². The molecule has 4 aromatic carbocycles. The number of aromatic nitrogens is 6. The second kappa shape index (κ2) is 9.71. The van der Waals surface area contributed by atoms with E-state index in [0.717, 1.165) is 78.2 Å². The maximum Gasteiger partial charge on any atom is 0.168 e. The summed E-state index contributed by atoms with van der Waals surface area (Å²) in [6, 6.07) is 47.6. The first kappa shape index (κ1) is 24.5. The largest absolute Gasteiger partial charge is 0.292 e. The number of fused-ring (bicyclic) bond motifs is 6. The zero-order valence-corrected chi connectivity index (χ0v) is 23.5. The van der Waals surface area contributed by atoms with Crippen LogP contribution in [-0.2, 0) is 0 Å². The fourth-order valence-corrected chi connectivity index (χ4v) is 6.18. The van der Waals surface area contributed by atoms with Crippen molar-refractivity contribution in [3.63, 3.8) is 0 Å². The summed E-state index contributed by atoms with van der Waals surface area (Å²) in [6.07, 6.45) is 1.82. The molecule has 0 amide bonds. The molecular formula is C38H24N6. The zero-order chi connectivity index (χ0) is 29.0. The van der Waals surface area contributed by atoms with Crippen LogP contribution in [0.25, 0.3) is 78.2 Å². The molecule has 0 N–H and O–H groups in total. The summed E-state index contributed by atoms with van der Waals surface area (Å²) in [5.41, 5.74) is 11.8. The van der Waals surface area contributed by atoms with E-state index in [4.69, 9.17) is 19.9 Å². The van der Waals surface area contributed by atoms with Gasteiger partial charge in [-0.05, 0) is 42.5 Å². The van der Waals surface area contributed by atoms with Crippen LogP contribution in [0.1, 0.15) is 0 Å². The quantitative estimate of drug-likeness (QED) is 0.214. The Morgan fingerprint density at radius 1 is 0.409 bits per heavy atom. The van der Waals surface area contributed by atoms with Gasteiger partial charge in [-0.25, -0.2) is 15.0 Å². The summed E-state index contributed by atoms with van der Waals surface area (Å²) in [6.45, 7) is 0. The van der Waals surface area contributed by atoms with E-state index in [-0.39, 0.29) is 0 Å². The van der Waals surface area contributed by atoms with Gasteiger partial charge in [-0.3, -0.25) is 14.1 Å². The zero-order valence-electron chi connectivity index (χ0n) is 23.5. The molecule has 9 rings (SSSR count). The molecule has 6 heteroatoms. The van der Waals surface area contributed by atoms with Crippen LogP contribution in [0.2, 0.25) is 0 Å². The van der Waals surface area contributed by atoms with Crippen molar-refractivity contribution in [1.82, 2.24) is 29.1 Å². The highest BCUT2D eigenvalue weighted by Crippen LogP contribution is 2.36. The first-order valence-electron chi connectivity index (χ1n) is 14.6. The van der Waals surface area contributed by atoms with E-state index in [1.807, 2.05) is 54.7 Å². The molecule has 5 aromatic heterocycles. The van der Waals surface area contributed by atoms with Crippen molar-refractivity contribution >= 4 is 44.3 Å². The Kier molecular flexibility index (Phi) is 5.40. The van der Waals surface area contributed by atoms with Crippen LogP contribution in [0.4, 0.5) is 0 Å².